The van der Waals surface area contributed by atoms with Crippen LogP contribution in [0.3, 0.4) is 0 Å². The maximum atomic E-state index is 15.1. The second kappa shape index (κ2) is 12.0. The first-order chi connectivity index (χ1) is 23.8. The summed E-state index contributed by atoms with van der Waals surface area (Å²) in [6.07, 6.45) is 0. The maximum absolute atomic E-state index is 15.1. The van der Waals surface area contributed by atoms with Gasteiger partial charge in [0.1, 0.15) is 0 Å². The number of hydrogen-bond acceptors (Lipinski definition) is 2. The lowest BCUT2D eigenvalue weighted by Crippen LogP contribution is -2.11. The van der Waals surface area contributed by atoms with Crippen LogP contribution < -0.4 is 0 Å². The lowest BCUT2D eigenvalue weighted by Gasteiger charge is -2.15. The zero-order valence-electron chi connectivity index (χ0n) is 25.6. The van der Waals surface area contributed by atoms with Gasteiger partial charge in [-0.2, -0.15) is 0 Å². The van der Waals surface area contributed by atoms with Crippen LogP contribution in [0.5, 0.6) is 0 Å². The van der Waals surface area contributed by atoms with Crippen molar-refractivity contribution in [2.45, 2.75) is 13.8 Å². The number of halogens is 10. The van der Waals surface area contributed by atoms with Gasteiger partial charge >= 0.3 is 0 Å². The molecule has 12 heteroatoms. The van der Waals surface area contributed by atoms with E-state index in [2.05, 4.69) is 0 Å². The number of benzene rings is 6. The Kier molecular flexibility index (Phi) is 7.84. The molecule has 0 atom stereocenters. The standard InChI is InChI=1S/C38H18F10N2/c1-15-7-3-11-20(23-25(39)29(43)33(47)30(44)26(23)40)35(15)49-37-18-13-5-9-17-10-6-14-19(22(17)18)38(37)50-36-16(2)8-4-12-21(36)24-27(41)31(45)34(48)32(46)28(24)42/h3-14H,1-2H3. The molecule has 6 aromatic rings. The van der Waals surface area contributed by atoms with Crippen LogP contribution in [0.4, 0.5) is 55.3 Å². The van der Waals surface area contributed by atoms with Crippen LogP contribution in [0.15, 0.2) is 82.8 Å². The van der Waals surface area contributed by atoms with Crippen molar-refractivity contribution in [1.29, 1.82) is 0 Å². The summed E-state index contributed by atoms with van der Waals surface area (Å²) < 4.78 is 146. The van der Waals surface area contributed by atoms with Crippen molar-refractivity contribution in [3.8, 4) is 22.3 Å². The Morgan fingerprint density at radius 3 is 1.02 bits per heavy atom. The van der Waals surface area contributed by atoms with Crippen LogP contribution in [0.25, 0.3) is 33.0 Å². The molecule has 0 unspecified atom stereocenters. The Morgan fingerprint density at radius 2 is 0.660 bits per heavy atom. The summed E-state index contributed by atoms with van der Waals surface area (Å²) in [6, 6.07) is 18.1. The van der Waals surface area contributed by atoms with Gasteiger partial charge in [-0.1, -0.05) is 72.8 Å². The normalized spacial score (nSPS) is 14.1. The van der Waals surface area contributed by atoms with E-state index in [0.29, 0.717) is 21.9 Å². The predicted octanol–water partition coefficient (Wildman–Crippen LogP) is 11.4. The van der Waals surface area contributed by atoms with Crippen molar-refractivity contribution in [2.24, 2.45) is 9.98 Å². The first kappa shape index (κ1) is 32.8. The quantitative estimate of drug-likeness (QED) is 0.0998. The second-order valence-corrected chi connectivity index (χ2v) is 11.5. The molecule has 7 rings (SSSR count). The average Bonchev–Trinajstić information content (AvgIpc) is 3.40. The van der Waals surface area contributed by atoms with Gasteiger partial charge in [0.2, 0.25) is 11.6 Å². The molecule has 50 heavy (non-hydrogen) atoms. The Hall–Kier alpha value is -5.78. The van der Waals surface area contributed by atoms with Crippen LogP contribution >= 0.6 is 0 Å². The minimum absolute atomic E-state index is 0.0304. The highest BCUT2D eigenvalue weighted by Gasteiger charge is 2.32. The van der Waals surface area contributed by atoms with Gasteiger partial charge in [0.25, 0.3) is 0 Å². The highest BCUT2D eigenvalue weighted by molar-refractivity contribution is 6.61. The fourth-order valence-corrected chi connectivity index (χ4v) is 6.14. The predicted molar refractivity (Wildman–Crippen MR) is 169 cm³/mol. The van der Waals surface area contributed by atoms with E-state index < -0.39 is 80.4 Å². The molecular formula is C38H18F10N2. The largest absolute Gasteiger partial charge is 0.245 e. The maximum Gasteiger partial charge on any atom is 0.200 e. The monoisotopic (exact) mass is 692 g/mol. The van der Waals surface area contributed by atoms with E-state index in [4.69, 9.17) is 9.98 Å². The van der Waals surface area contributed by atoms with Gasteiger partial charge < -0.3 is 0 Å². The Labute approximate surface area is 276 Å². The molecule has 0 spiro atoms. The molecule has 250 valence electrons. The molecule has 0 amide bonds. The van der Waals surface area contributed by atoms with E-state index in [1.54, 1.807) is 36.4 Å². The molecule has 0 saturated carbocycles. The van der Waals surface area contributed by atoms with E-state index in [1.165, 1.54) is 38.1 Å². The molecule has 0 aromatic heterocycles. The highest BCUT2D eigenvalue weighted by Crippen LogP contribution is 2.43. The van der Waals surface area contributed by atoms with Crippen molar-refractivity contribution in [3.05, 3.63) is 153 Å². The van der Waals surface area contributed by atoms with E-state index in [1.807, 2.05) is 0 Å². The molecule has 0 radical (unpaired) electrons. The number of aryl methyl sites for hydroxylation is 2. The topological polar surface area (TPSA) is 24.7 Å². The number of nitrogens with zero attached hydrogens (tertiary/aromatic N) is 2. The Balaban J connectivity index is 1.56. The minimum atomic E-state index is -2.33. The minimum Gasteiger partial charge on any atom is -0.245 e. The van der Waals surface area contributed by atoms with Gasteiger partial charge in [0, 0.05) is 27.6 Å². The fraction of sp³-hybridized carbons (Fsp3) is 0.0526. The molecule has 0 saturated heterocycles. The van der Waals surface area contributed by atoms with E-state index >= 15 is 17.6 Å². The zero-order chi connectivity index (χ0) is 35.8. The molecule has 0 N–H and O–H groups in total. The van der Waals surface area contributed by atoms with Gasteiger partial charge in [0.15, 0.2) is 46.5 Å². The molecule has 0 bridgehead atoms. The summed E-state index contributed by atoms with van der Waals surface area (Å²) in [5, 5.41) is 1.28. The van der Waals surface area contributed by atoms with Gasteiger partial charge in [-0.15, -0.1) is 0 Å². The zero-order valence-corrected chi connectivity index (χ0v) is 25.6. The van der Waals surface area contributed by atoms with Crippen LogP contribution in [0.1, 0.15) is 22.3 Å². The van der Waals surface area contributed by atoms with E-state index in [9.17, 15) is 26.3 Å². The SMILES string of the molecule is Cc1cccc(-c2c(F)c(F)c(F)c(F)c2F)c1N=C1C(=Nc2c(C)cccc2-c2c(F)c(F)c(F)c(F)c2F)c2cccc3cccc1c23. The molecule has 1 aliphatic carbocycles. The molecule has 0 heterocycles. The molecule has 6 aromatic carbocycles. The molecule has 0 aliphatic heterocycles. The summed E-state index contributed by atoms with van der Waals surface area (Å²) >= 11 is 0. The molecule has 2 nitrogen and oxygen atoms in total. The van der Waals surface area contributed by atoms with E-state index in [0.717, 1.165) is 12.1 Å². The summed E-state index contributed by atoms with van der Waals surface area (Å²) in [5.74, 6) is -21.6. The number of rotatable bonds is 4. The number of aliphatic imine (C=N–C) groups is 2. The van der Waals surface area contributed by atoms with Crippen molar-refractivity contribution < 1.29 is 43.9 Å². The lowest BCUT2D eigenvalue weighted by molar-refractivity contribution is 0.381. The third kappa shape index (κ3) is 4.80. The van der Waals surface area contributed by atoms with Crippen LogP contribution in [0.2, 0.25) is 0 Å². The van der Waals surface area contributed by atoms with Crippen LogP contribution in [-0.2, 0) is 0 Å². The Morgan fingerprint density at radius 1 is 0.360 bits per heavy atom. The average molecular weight is 693 g/mol. The molecule has 0 fully saturated rings. The first-order valence-corrected chi connectivity index (χ1v) is 14.8. The summed E-state index contributed by atoms with van der Waals surface area (Å²) in [7, 11) is 0. The second-order valence-electron chi connectivity index (χ2n) is 11.5. The van der Waals surface area contributed by atoms with Gasteiger partial charge in [-0.05, 0) is 30.4 Å². The lowest BCUT2D eigenvalue weighted by atomic mass is 9.98. The van der Waals surface area contributed by atoms with Crippen LogP contribution in [0, 0.1) is 72.0 Å². The Bertz CT molecular complexity index is 2290. The van der Waals surface area contributed by atoms with Gasteiger partial charge in [0.05, 0.1) is 33.9 Å². The third-order valence-electron chi connectivity index (χ3n) is 8.52. The van der Waals surface area contributed by atoms with Crippen molar-refractivity contribution in [3.63, 3.8) is 0 Å². The highest BCUT2D eigenvalue weighted by atomic mass is 19.2. The third-order valence-corrected chi connectivity index (χ3v) is 8.52. The fourth-order valence-electron chi connectivity index (χ4n) is 6.14. The van der Waals surface area contributed by atoms with E-state index in [-0.39, 0.29) is 33.9 Å². The van der Waals surface area contributed by atoms with Crippen molar-refractivity contribution in [2.75, 3.05) is 0 Å². The first-order valence-electron chi connectivity index (χ1n) is 14.8. The molecule has 1 aliphatic rings. The van der Waals surface area contributed by atoms with Crippen molar-refractivity contribution >= 4 is 33.6 Å². The van der Waals surface area contributed by atoms with Gasteiger partial charge in [-0.3, -0.25) is 0 Å². The van der Waals surface area contributed by atoms with Crippen LogP contribution in [-0.4, -0.2) is 11.4 Å². The number of para-hydroxylation sites is 2. The number of hydrogen-bond donors (Lipinski definition) is 0. The van der Waals surface area contributed by atoms with Gasteiger partial charge in [-0.25, -0.2) is 53.9 Å². The summed E-state index contributed by atoms with van der Waals surface area (Å²) in [5.41, 5.74) is -2.25. The van der Waals surface area contributed by atoms with Crippen molar-refractivity contribution in [1.82, 2.24) is 0 Å². The summed E-state index contributed by atoms with van der Waals surface area (Å²) in [6.45, 7) is 2.99. The summed E-state index contributed by atoms with van der Waals surface area (Å²) in [4.78, 5) is 9.44. The smallest absolute Gasteiger partial charge is 0.200 e. The molecular weight excluding hydrogens is 674 g/mol.